The number of aliphatic hydroxyl groups excluding tert-OH is 1. The van der Waals surface area contributed by atoms with Gasteiger partial charge in [-0.1, -0.05) is 30.3 Å². The van der Waals surface area contributed by atoms with Crippen molar-refractivity contribution in [2.45, 2.75) is 44.1 Å². The van der Waals surface area contributed by atoms with Gasteiger partial charge in [-0.3, -0.25) is 9.59 Å². The van der Waals surface area contributed by atoms with Gasteiger partial charge < -0.3 is 19.9 Å². The van der Waals surface area contributed by atoms with Crippen molar-refractivity contribution in [2.24, 2.45) is 0 Å². The molecule has 2 heterocycles. The van der Waals surface area contributed by atoms with Gasteiger partial charge in [-0.2, -0.15) is 11.8 Å². The van der Waals surface area contributed by atoms with Crippen molar-refractivity contribution in [3.8, 4) is 5.75 Å². The maximum absolute atomic E-state index is 12.9. The zero-order chi connectivity index (χ0) is 20.9. The molecule has 1 saturated heterocycles. The lowest BCUT2D eigenvalue weighted by Gasteiger charge is -2.36. The van der Waals surface area contributed by atoms with Crippen molar-refractivity contribution < 1.29 is 19.4 Å². The zero-order valence-electron chi connectivity index (χ0n) is 16.5. The first-order valence-corrected chi connectivity index (χ1v) is 10.9. The van der Waals surface area contributed by atoms with Gasteiger partial charge in [0.2, 0.25) is 17.1 Å². The second-order valence-corrected chi connectivity index (χ2v) is 8.83. The Labute approximate surface area is 174 Å². The summed E-state index contributed by atoms with van der Waals surface area (Å²) in [5, 5.41) is 23.0. The van der Waals surface area contributed by atoms with E-state index in [4.69, 9.17) is 4.42 Å². The molecule has 1 aromatic carbocycles. The third-order valence-electron chi connectivity index (χ3n) is 5.39. The summed E-state index contributed by atoms with van der Waals surface area (Å²) in [5.41, 5.74) is -0.186. The molecule has 1 aromatic heterocycles. The largest absolute Gasteiger partial charge is 0.502 e. The third kappa shape index (κ3) is 5.22. The Morgan fingerprint density at radius 3 is 2.62 bits per heavy atom. The summed E-state index contributed by atoms with van der Waals surface area (Å²) in [4.78, 5) is 25.0. The number of thioether (sulfide) groups is 1. The standard InChI is InChI=1S/C22H27NO5S/c1-15-11-18(25)20(27)21(28-15)22(7-9-29-10-8-22)13-19(26)23-17(14-24)12-16-5-3-2-4-6-16/h2-6,11,17,24,27H,7-10,12-14H2,1H3,(H,23,26)/t17-/m0/s1. The SMILES string of the molecule is Cc1cc(=O)c(O)c(C2(CC(=O)N[C@H](CO)Cc3ccccc3)CCSCC2)o1. The first kappa shape index (κ1) is 21.5. The Hall–Kier alpha value is -2.25. The van der Waals surface area contributed by atoms with E-state index in [0.29, 0.717) is 25.0 Å². The van der Waals surface area contributed by atoms with E-state index in [0.717, 1.165) is 17.1 Å². The Morgan fingerprint density at radius 2 is 1.97 bits per heavy atom. The average molecular weight is 418 g/mol. The highest BCUT2D eigenvalue weighted by atomic mass is 32.2. The van der Waals surface area contributed by atoms with Crippen LogP contribution in [0.2, 0.25) is 0 Å². The Kier molecular flexibility index (Phi) is 7.03. The molecule has 29 heavy (non-hydrogen) atoms. The molecule has 1 atom stereocenters. The van der Waals surface area contributed by atoms with Gasteiger partial charge in [-0.15, -0.1) is 0 Å². The van der Waals surface area contributed by atoms with E-state index < -0.39 is 22.6 Å². The Balaban J connectivity index is 1.80. The molecule has 1 fully saturated rings. The van der Waals surface area contributed by atoms with Gasteiger partial charge >= 0.3 is 0 Å². The summed E-state index contributed by atoms with van der Waals surface area (Å²) in [6.07, 6.45) is 1.89. The summed E-state index contributed by atoms with van der Waals surface area (Å²) in [7, 11) is 0. The summed E-state index contributed by atoms with van der Waals surface area (Å²) < 4.78 is 5.77. The molecule has 0 saturated carbocycles. The van der Waals surface area contributed by atoms with Crippen LogP contribution in [0.4, 0.5) is 0 Å². The minimum Gasteiger partial charge on any atom is -0.502 e. The average Bonchev–Trinajstić information content (AvgIpc) is 2.71. The topological polar surface area (TPSA) is 99.8 Å². The molecule has 0 aliphatic carbocycles. The van der Waals surface area contributed by atoms with E-state index in [2.05, 4.69) is 5.32 Å². The summed E-state index contributed by atoms with van der Waals surface area (Å²) >= 11 is 1.78. The fraction of sp³-hybridized carbons (Fsp3) is 0.455. The lowest BCUT2D eigenvalue weighted by Crippen LogP contribution is -2.44. The predicted molar refractivity (Wildman–Crippen MR) is 113 cm³/mol. The van der Waals surface area contributed by atoms with E-state index in [-0.39, 0.29) is 24.7 Å². The monoisotopic (exact) mass is 417 g/mol. The van der Waals surface area contributed by atoms with Crippen LogP contribution in [0.25, 0.3) is 0 Å². The van der Waals surface area contributed by atoms with Crippen molar-refractivity contribution in [1.82, 2.24) is 5.32 Å². The van der Waals surface area contributed by atoms with Gasteiger partial charge in [0.15, 0.2) is 5.76 Å². The molecule has 6 nitrogen and oxygen atoms in total. The molecule has 3 N–H and O–H groups in total. The lowest BCUT2D eigenvalue weighted by molar-refractivity contribution is -0.123. The fourth-order valence-electron chi connectivity index (χ4n) is 3.86. The zero-order valence-corrected chi connectivity index (χ0v) is 17.3. The van der Waals surface area contributed by atoms with Gasteiger partial charge in [-0.05, 0) is 43.3 Å². The molecule has 1 amide bonds. The second-order valence-electron chi connectivity index (χ2n) is 7.61. The molecule has 2 aromatic rings. The predicted octanol–water partition coefficient (Wildman–Crippen LogP) is 2.53. The number of aromatic hydroxyl groups is 1. The van der Waals surface area contributed by atoms with E-state index >= 15 is 0 Å². The van der Waals surface area contributed by atoms with Crippen LogP contribution in [0.1, 0.15) is 36.3 Å². The first-order valence-electron chi connectivity index (χ1n) is 9.79. The number of nitrogens with one attached hydrogen (secondary N) is 1. The van der Waals surface area contributed by atoms with Crippen LogP contribution in [0, 0.1) is 6.92 Å². The number of carbonyl (C=O) groups excluding carboxylic acids is 1. The number of rotatable bonds is 7. The highest BCUT2D eigenvalue weighted by Crippen LogP contribution is 2.44. The van der Waals surface area contributed by atoms with Gasteiger partial charge in [0, 0.05) is 17.9 Å². The van der Waals surface area contributed by atoms with Crippen LogP contribution in [0.15, 0.2) is 45.6 Å². The maximum Gasteiger partial charge on any atom is 0.227 e. The van der Waals surface area contributed by atoms with Crippen molar-refractivity contribution in [1.29, 1.82) is 0 Å². The number of benzene rings is 1. The number of aliphatic hydroxyl groups is 1. The van der Waals surface area contributed by atoms with Crippen LogP contribution >= 0.6 is 11.8 Å². The number of carbonyl (C=O) groups is 1. The molecular weight excluding hydrogens is 390 g/mol. The van der Waals surface area contributed by atoms with E-state index in [1.807, 2.05) is 30.3 Å². The normalized spacial score (nSPS) is 16.9. The van der Waals surface area contributed by atoms with Crippen molar-refractivity contribution >= 4 is 17.7 Å². The summed E-state index contributed by atoms with van der Waals surface area (Å²) in [6.45, 7) is 1.49. The summed E-state index contributed by atoms with van der Waals surface area (Å²) in [6, 6.07) is 10.5. The number of hydrogen-bond donors (Lipinski definition) is 3. The molecule has 3 rings (SSSR count). The third-order valence-corrected chi connectivity index (χ3v) is 6.37. The smallest absolute Gasteiger partial charge is 0.227 e. The molecule has 1 aliphatic heterocycles. The van der Waals surface area contributed by atoms with Crippen molar-refractivity contribution in [3.05, 3.63) is 63.7 Å². The molecule has 156 valence electrons. The van der Waals surface area contributed by atoms with Gasteiger partial charge in [0.25, 0.3) is 0 Å². The quantitative estimate of drug-likeness (QED) is 0.640. The van der Waals surface area contributed by atoms with Crippen molar-refractivity contribution in [3.63, 3.8) is 0 Å². The second kappa shape index (κ2) is 9.50. The first-order chi connectivity index (χ1) is 13.9. The van der Waals surface area contributed by atoms with Crippen molar-refractivity contribution in [2.75, 3.05) is 18.1 Å². The van der Waals surface area contributed by atoms with Gasteiger partial charge in [0.1, 0.15) is 5.76 Å². The van der Waals surface area contributed by atoms with E-state index in [1.165, 1.54) is 6.07 Å². The van der Waals surface area contributed by atoms with Crippen LogP contribution < -0.4 is 10.7 Å². The number of amides is 1. The summed E-state index contributed by atoms with van der Waals surface area (Å²) in [5.74, 6) is 1.63. The molecule has 0 radical (unpaired) electrons. The molecular formula is C22H27NO5S. The van der Waals surface area contributed by atoms with Crippen LogP contribution in [-0.2, 0) is 16.6 Å². The van der Waals surface area contributed by atoms with Crippen LogP contribution in [0.5, 0.6) is 5.75 Å². The minimum absolute atomic E-state index is 0.0960. The molecule has 0 bridgehead atoms. The lowest BCUT2D eigenvalue weighted by atomic mass is 9.75. The Morgan fingerprint density at radius 1 is 1.28 bits per heavy atom. The van der Waals surface area contributed by atoms with E-state index in [1.54, 1.807) is 18.7 Å². The highest BCUT2D eigenvalue weighted by molar-refractivity contribution is 7.99. The van der Waals surface area contributed by atoms with Gasteiger partial charge in [0.05, 0.1) is 12.6 Å². The Bertz CT molecular complexity index is 890. The number of aryl methyl sites for hydroxylation is 1. The maximum atomic E-state index is 12.9. The number of hydrogen-bond acceptors (Lipinski definition) is 6. The van der Waals surface area contributed by atoms with E-state index in [9.17, 15) is 19.8 Å². The van der Waals surface area contributed by atoms with Crippen LogP contribution in [0.3, 0.4) is 0 Å². The molecule has 7 heteroatoms. The molecule has 0 spiro atoms. The van der Waals surface area contributed by atoms with Gasteiger partial charge in [-0.25, -0.2) is 0 Å². The fourth-order valence-corrected chi connectivity index (χ4v) is 5.13. The molecule has 1 aliphatic rings. The highest BCUT2D eigenvalue weighted by Gasteiger charge is 2.41. The van der Waals surface area contributed by atoms with Crippen LogP contribution in [-0.4, -0.2) is 40.3 Å². The molecule has 0 unspecified atom stereocenters. The minimum atomic E-state index is -0.725.